The van der Waals surface area contributed by atoms with Crippen molar-refractivity contribution in [2.75, 3.05) is 11.9 Å². The minimum atomic E-state index is -3.43. The van der Waals surface area contributed by atoms with E-state index in [0.717, 1.165) is 50.8 Å². The summed E-state index contributed by atoms with van der Waals surface area (Å²) in [5.41, 5.74) is 1.90. The van der Waals surface area contributed by atoms with E-state index in [1.807, 2.05) is 13.0 Å². The Balaban J connectivity index is 1.87. The largest absolute Gasteiger partial charge is 0.385 e. The third kappa shape index (κ3) is 2.69. The highest BCUT2D eigenvalue weighted by Gasteiger charge is 2.33. The zero-order valence-corrected chi connectivity index (χ0v) is 12.7. The summed E-state index contributed by atoms with van der Waals surface area (Å²) in [6.45, 7) is 2.93. The van der Waals surface area contributed by atoms with Crippen molar-refractivity contribution < 1.29 is 8.42 Å². The lowest BCUT2D eigenvalue weighted by Crippen LogP contribution is -2.43. The lowest BCUT2D eigenvalue weighted by atomic mass is 10.0. The van der Waals surface area contributed by atoms with Crippen LogP contribution in [0.1, 0.15) is 44.6 Å². The number of sulfonamides is 1. The maximum atomic E-state index is 12.5. The van der Waals surface area contributed by atoms with Gasteiger partial charge in [-0.2, -0.15) is 0 Å². The van der Waals surface area contributed by atoms with Crippen LogP contribution in [0.4, 0.5) is 5.69 Å². The van der Waals surface area contributed by atoms with E-state index in [2.05, 4.69) is 10.0 Å². The fourth-order valence-corrected chi connectivity index (χ4v) is 4.74. The lowest BCUT2D eigenvalue weighted by Gasteiger charge is -2.25. The van der Waals surface area contributed by atoms with Gasteiger partial charge in [-0.05, 0) is 50.3 Å². The molecule has 1 fully saturated rings. The Morgan fingerprint density at radius 3 is 2.70 bits per heavy atom. The van der Waals surface area contributed by atoms with Crippen LogP contribution in [0.15, 0.2) is 23.1 Å². The molecule has 1 saturated carbocycles. The van der Waals surface area contributed by atoms with Gasteiger partial charge in [0.1, 0.15) is 0 Å². The van der Waals surface area contributed by atoms with Crippen molar-refractivity contribution in [1.82, 2.24) is 4.72 Å². The predicted molar refractivity (Wildman–Crippen MR) is 80.4 cm³/mol. The topological polar surface area (TPSA) is 58.2 Å². The Labute approximate surface area is 121 Å². The van der Waals surface area contributed by atoms with Gasteiger partial charge in [0, 0.05) is 17.8 Å². The van der Waals surface area contributed by atoms with Gasteiger partial charge in [-0.3, -0.25) is 0 Å². The Kier molecular flexibility index (Phi) is 3.50. The minimum Gasteiger partial charge on any atom is -0.385 e. The first-order chi connectivity index (χ1) is 9.49. The Hall–Kier alpha value is -1.07. The summed E-state index contributed by atoms with van der Waals surface area (Å²) in [5, 5.41) is 3.29. The van der Waals surface area contributed by atoms with Crippen LogP contribution >= 0.6 is 0 Å². The van der Waals surface area contributed by atoms with Crippen LogP contribution in [-0.2, 0) is 16.4 Å². The maximum Gasteiger partial charge on any atom is 0.241 e. The summed E-state index contributed by atoms with van der Waals surface area (Å²) in [7, 11) is -3.43. The maximum absolute atomic E-state index is 12.5. The average molecular weight is 294 g/mol. The lowest BCUT2D eigenvalue weighted by molar-refractivity contribution is 0.427. The number of aryl methyl sites for hydroxylation is 1. The van der Waals surface area contributed by atoms with Gasteiger partial charge in [-0.15, -0.1) is 0 Å². The molecule has 0 saturated heterocycles. The van der Waals surface area contributed by atoms with E-state index in [-0.39, 0.29) is 5.54 Å². The minimum absolute atomic E-state index is 0.276. The highest BCUT2D eigenvalue weighted by Crippen LogP contribution is 2.31. The molecule has 0 atom stereocenters. The van der Waals surface area contributed by atoms with Crippen molar-refractivity contribution in [1.29, 1.82) is 0 Å². The molecular weight excluding hydrogens is 272 g/mol. The molecule has 0 spiro atoms. The molecule has 1 aromatic carbocycles. The van der Waals surface area contributed by atoms with Gasteiger partial charge in [-0.1, -0.05) is 18.9 Å². The van der Waals surface area contributed by atoms with Crippen LogP contribution in [-0.4, -0.2) is 20.5 Å². The zero-order chi connectivity index (χ0) is 14.2. The quantitative estimate of drug-likeness (QED) is 0.901. The number of nitrogens with one attached hydrogen (secondary N) is 2. The van der Waals surface area contributed by atoms with Crippen molar-refractivity contribution in [3.05, 3.63) is 23.8 Å². The van der Waals surface area contributed by atoms with E-state index in [9.17, 15) is 8.42 Å². The van der Waals surface area contributed by atoms with Gasteiger partial charge < -0.3 is 5.32 Å². The van der Waals surface area contributed by atoms with Gasteiger partial charge in [0.25, 0.3) is 0 Å². The summed E-state index contributed by atoms with van der Waals surface area (Å²) in [6.07, 6.45) is 6.18. The smallest absolute Gasteiger partial charge is 0.241 e. The molecule has 1 aromatic rings. The van der Waals surface area contributed by atoms with Gasteiger partial charge in [0.2, 0.25) is 10.0 Å². The Morgan fingerprint density at radius 1 is 1.20 bits per heavy atom. The molecule has 0 aromatic heterocycles. The molecule has 0 amide bonds. The molecular formula is C15H22N2O2S. The van der Waals surface area contributed by atoms with Crippen LogP contribution in [0, 0.1) is 0 Å². The monoisotopic (exact) mass is 294 g/mol. The molecule has 0 radical (unpaired) electrons. The average Bonchev–Trinajstić information content (AvgIpc) is 2.83. The second-order valence-corrected chi connectivity index (χ2v) is 7.90. The summed E-state index contributed by atoms with van der Waals surface area (Å²) in [5.74, 6) is 0. The second kappa shape index (κ2) is 5.04. The van der Waals surface area contributed by atoms with E-state index < -0.39 is 10.0 Å². The molecule has 2 N–H and O–H groups in total. The number of hydrogen-bond donors (Lipinski definition) is 2. The summed E-state index contributed by atoms with van der Waals surface area (Å²) in [4.78, 5) is 0.374. The number of rotatable bonds is 3. The Bertz CT molecular complexity index is 604. The fraction of sp³-hybridized carbons (Fsp3) is 0.600. The van der Waals surface area contributed by atoms with Crippen LogP contribution in [0.3, 0.4) is 0 Å². The summed E-state index contributed by atoms with van der Waals surface area (Å²) < 4.78 is 28.0. The third-order valence-electron chi connectivity index (χ3n) is 4.42. The van der Waals surface area contributed by atoms with Gasteiger partial charge in [-0.25, -0.2) is 13.1 Å². The van der Waals surface area contributed by atoms with Crippen molar-refractivity contribution in [2.24, 2.45) is 0 Å². The van der Waals surface area contributed by atoms with E-state index >= 15 is 0 Å². The van der Waals surface area contributed by atoms with Gasteiger partial charge in [0.15, 0.2) is 0 Å². The molecule has 1 aliphatic carbocycles. The molecule has 0 unspecified atom stereocenters. The third-order valence-corrected chi connectivity index (χ3v) is 6.05. The molecule has 20 heavy (non-hydrogen) atoms. The van der Waals surface area contributed by atoms with Crippen LogP contribution in [0.5, 0.6) is 0 Å². The summed E-state index contributed by atoms with van der Waals surface area (Å²) in [6, 6.07) is 5.44. The Morgan fingerprint density at radius 2 is 1.95 bits per heavy atom. The van der Waals surface area contributed by atoms with Gasteiger partial charge in [0.05, 0.1) is 4.90 Å². The van der Waals surface area contributed by atoms with E-state index in [0.29, 0.717) is 4.90 Å². The van der Waals surface area contributed by atoms with Crippen LogP contribution in [0.2, 0.25) is 0 Å². The standard InChI is InChI=1S/C15H22N2O2S/c1-15(8-2-3-9-15)17-20(18,19)13-7-6-12-5-4-10-16-14(12)11-13/h6-7,11,16-17H,2-5,8-10H2,1H3. The molecule has 2 aliphatic rings. The number of hydrogen-bond acceptors (Lipinski definition) is 3. The van der Waals surface area contributed by atoms with Crippen LogP contribution in [0.25, 0.3) is 0 Å². The molecule has 0 bridgehead atoms. The van der Waals surface area contributed by atoms with E-state index in [1.165, 1.54) is 5.56 Å². The number of anilines is 1. The van der Waals surface area contributed by atoms with Crippen molar-refractivity contribution in [2.45, 2.75) is 55.9 Å². The fourth-order valence-electron chi connectivity index (χ4n) is 3.25. The molecule has 3 rings (SSSR count). The number of benzene rings is 1. The first kappa shape index (κ1) is 13.9. The van der Waals surface area contributed by atoms with Crippen molar-refractivity contribution in [3.8, 4) is 0 Å². The van der Waals surface area contributed by atoms with E-state index in [4.69, 9.17) is 0 Å². The first-order valence-corrected chi connectivity index (χ1v) is 8.88. The highest BCUT2D eigenvalue weighted by atomic mass is 32.2. The van der Waals surface area contributed by atoms with E-state index in [1.54, 1.807) is 12.1 Å². The number of fused-ring (bicyclic) bond motifs is 1. The molecule has 110 valence electrons. The normalized spacial score (nSPS) is 21.2. The first-order valence-electron chi connectivity index (χ1n) is 7.39. The second-order valence-electron chi connectivity index (χ2n) is 6.22. The highest BCUT2D eigenvalue weighted by molar-refractivity contribution is 7.89. The predicted octanol–water partition coefficient (Wildman–Crippen LogP) is 2.66. The zero-order valence-electron chi connectivity index (χ0n) is 11.9. The SMILES string of the molecule is CC1(NS(=O)(=O)c2ccc3c(c2)NCCC3)CCCC1. The van der Waals surface area contributed by atoms with Crippen molar-refractivity contribution in [3.63, 3.8) is 0 Å². The molecule has 1 heterocycles. The molecule has 4 nitrogen and oxygen atoms in total. The molecule has 1 aliphatic heterocycles. The molecule has 5 heteroatoms. The van der Waals surface area contributed by atoms with Gasteiger partial charge >= 0.3 is 0 Å². The summed E-state index contributed by atoms with van der Waals surface area (Å²) >= 11 is 0. The van der Waals surface area contributed by atoms with Crippen LogP contribution < -0.4 is 10.0 Å². The van der Waals surface area contributed by atoms with Crippen molar-refractivity contribution >= 4 is 15.7 Å².